The van der Waals surface area contributed by atoms with Crippen molar-refractivity contribution in [2.45, 2.75) is 6.42 Å². The van der Waals surface area contributed by atoms with Gasteiger partial charge in [0.25, 0.3) is 10.2 Å². The zero-order valence-corrected chi connectivity index (χ0v) is 13.0. The maximum Gasteiger partial charge on any atom is 0.281 e. The molecule has 112 valence electrons. The zero-order valence-electron chi connectivity index (χ0n) is 12.2. The summed E-state index contributed by atoms with van der Waals surface area (Å²) >= 11 is 0. The largest absolute Gasteiger partial charge is 0.340 e. The summed E-state index contributed by atoms with van der Waals surface area (Å²) in [6.07, 6.45) is 0.480. The Morgan fingerprint density at radius 1 is 1.05 bits per heavy atom. The summed E-state index contributed by atoms with van der Waals surface area (Å²) in [5, 5.41) is 0. The fourth-order valence-corrected chi connectivity index (χ4v) is 2.96. The van der Waals surface area contributed by atoms with E-state index in [-0.39, 0.29) is 5.91 Å². The van der Waals surface area contributed by atoms with Gasteiger partial charge in [0.05, 0.1) is 0 Å². The third kappa shape index (κ3) is 4.41. The molecule has 0 spiro atoms. The molecule has 0 saturated carbocycles. The summed E-state index contributed by atoms with van der Waals surface area (Å²) in [5.74, 6) is 0.0931. The lowest BCUT2D eigenvalue weighted by molar-refractivity contribution is -0.132. The van der Waals surface area contributed by atoms with Crippen molar-refractivity contribution in [2.24, 2.45) is 0 Å². The minimum atomic E-state index is -3.35. The first-order valence-electron chi connectivity index (χ1n) is 6.35. The highest BCUT2D eigenvalue weighted by atomic mass is 32.2. The number of rotatable bonds is 5. The molecule has 7 nitrogen and oxygen atoms in total. The van der Waals surface area contributed by atoms with Crippen LogP contribution in [-0.4, -0.2) is 93.6 Å². The van der Waals surface area contributed by atoms with Crippen molar-refractivity contribution in [3.63, 3.8) is 0 Å². The molecule has 0 N–H and O–H groups in total. The van der Waals surface area contributed by atoms with Crippen LogP contribution in [0.5, 0.6) is 0 Å². The molecule has 0 atom stereocenters. The van der Waals surface area contributed by atoms with Crippen LogP contribution in [0.4, 0.5) is 0 Å². The van der Waals surface area contributed by atoms with Crippen molar-refractivity contribution in [3.8, 4) is 0 Å². The summed E-state index contributed by atoms with van der Waals surface area (Å²) in [6.45, 7) is 2.40. The van der Waals surface area contributed by atoms with Crippen molar-refractivity contribution in [2.75, 3.05) is 60.9 Å². The van der Waals surface area contributed by atoms with Crippen LogP contribution in [0.1, 0.15) is 6.42 Å². The van der Waals surface area contributed by atoms with Crippen LogP contribution < -0.4 is 0 Å². The first-order chi connectivity index (χ1) is 8.75. The van der Waals surface area contributed by atoms with E-state index in [1.54, 1.807) is 4.90 Å². The molecule has 1 aliphatic heterocycles. The second-order valence-corrected chi connectivity index (χ2v) is 7.27. The summed E-state index contributed by atoms with van der Waals surface area (Å²) in [6, 6.07) is 0. The smallest absolute Gasteiger partial charge is 0.281 e. The second-order valence-electron chi connectivity index (χ2n) is 5.12. The Balaban J connectivity index is 2.47. The van der Waals surface area contributed by atoms with Gasteiger partial charge < -0.3 is 9.80 Å². The first-order valence-corrected chi connectivity index (χ1v) is 7.75. The molecule has 0 aromatic carbocycles. The number of carbonyl (C=O) groups excluding carboxylic acids is 1. The van der Waals surface area contributed by atoms with Crippen LogP contribution in [0, 0.1) is 0 Å². The Bertz CT molecular complexity index is 400. The van der Waals surface area contributed by atoms with Crippen molar-refractivity contribution in [1.82, 2.24) is 18.4 Å². The van der Waals surface area contributed by atoms with E-state index < -0.39 is 10.2 Å². The van der Waals surface area contributed by atoms with E-state index in [9.17, 15) is 13.2 Å². The van der Waals surface area contributed by atoms with Crippen LogP contribution in [0.2, 0.25) is 0 Å². The van der Waals surface area contributed by atoms with Crippen LogP contribution in [0.15, 0.2) is 0 Å². The topological polar surface area (TPSA) is 64.2 Å². The molecular formula is C11H24N4O3S. The van der Waals surface area contributed by atoms with Crippen LogP contribution in [0.3, 0.4) is 0 Å². The summed E-state index contributed by atoms with van der Waals surface area (Å²) < 4.78 is 26.5. The molecule has 1 aliphatic rings. The van der Waals surface area contributed by atoms with E-state index in [0.717, 1.165) is 6.54 Å². The number of piperazine rings is 1. The molecule has 1 rings (SSSR count). The molecule has 1 fully saturated rings. The Morgan fingerprint density at radius 3 is 2.00 bits per heavy atom. The van der Waals surface area contributed by atoms with Crippen molar-refractivity contribution >= 4 is 16.1 Å². The molecule has 0 aromatic heterocycles. The van der Waals surface area contributed by atoms with Gasteiger partial charge >= 0.3 is 0 Å². The van der Waals surface area contributed by atoms with Crippen LogP contribution in [0.25, 0.3) is 0 Å². The van der Waals surface area contributed by atoms with E-state index >= 15 is 0 Å². The summed E-state index contributed by atoms with van der Waals surface area (Å²) in [7, 11) is 3.53. The predicted octanol–water partition coefficient (Wildman–Crippen LogP) is -1.11. The average Bonchev–Trinajstić information content (AvgIpc) is 2.35. The Morgan fingerprint density at radius 2 is 1.58 bits per heavy atom. The molecule has 0 unspecified atom stereocenters. The first kappa shape index (κ1) is 16.4. The van der Waals surface area contributed by atoms with Gasteiger partial charge in [-0.2, -0.15) is 17.0 Å². The quantitative estimate of drug-likeness (QED) is 0.644. The van der Waals surface area contributed by atoms with E-state index in [2.05, 4.69) is 0 Å². The second kappa shape index (κ2) is 6.65. The lowest BCUT2D eigenvalue weighted by Gasteiger charge is -2.35. The molecule has 0 aromatic rings. The predicted molar refractivity (Wildman–Crippen MR) is 73.9 cm³/mol. The molecule has 1 heterocycles. The standard InChI is InChI=1S/C11H24N4O3S/c1-12(2)6-5-11(16)14-7-9-15(10-8-14)19(17,18)13(3)4/h5-10H2,1-4H3. The average molecular weight is 292 g/mol. The minimum absolute atomic E-state index is 0.0931. The van der Waals surface area contributed by atoms with E-state index in [1.165, 1.54) is 22.7 Å². The maximum atomic E-state index is 11.9. The highest BCUT2D eigenvalue weighted by molar-refractivity contribution is 7.86. The van der Waals surface area contributed by atoms with Crippen molar-refractivity contribution < 1.29 is 13.2 Å². The molecule has 0 radical (unpaired) electrons. The monoisotopic (exact) mass is 292 g/mol. The van der Waals surface area contributed by atoms with E-state index in [0.29, 0.717) is 32.6 Å². The van der Waals surface area contributed by atoms with E-state index in [4.69, 9.17) is 0 Å². The highest BCUT2D eigenvalue weighted by Gasteiger charge is 2.29. The molecule has 8 heteroatoms. The van der Waals surface area contributed by atoms with Crippen molar-refractivity contribution in [3.05, 3.63) is 0 Å². The maximum absolute atomic E-state index is 11.9. The van der Waals surface area contributed by atoms with E-state index in [1.807, 2.05) is 19.0 Å². The highest BCUT2D eigenvalue weighted by Crippen LogP contribution is 2.10. The molecule has 0 bridgehead atoms. The van der Waals surface area contributed by atoms with Gasteiger partial charge in [-0.25, -0.2) is 0 Å². The van der Waals surface area contributed by atoms with Gasteiger partial charge in [-0.15, -0.1) is 0 Å². The summed E-state index contributed by atoms with van der Waals surface area (Å²) in [4.78, 5) is 15.6. The van der Waals surface area contributed by atoms with Gasteiger partial charge in [0, 0.05) is 53.2 Å². The lowest BCUT2D eigenvalue weighted by atomic mass is 10.3. The van der Waals surface area contributed by atoms with Crippen molar-refractivity contribution in [1.29, 1.82) is 0 Å². The number of amides is 1. The minimum Gasteiger partial charge on any atom is -0.340 e. The van der Waals surface area contributed by atoms with Gasteiger partial charge in [0.2, 0.25) is 5.91 Å². The third-order valence-electron chi connectivity index (χ3n) is 3.15. The fraction of sp³-hybridized carbons (Fsp3) is 0.909. The molecule has 1 saturated heterocycles. The van der Waals surface area contributed by atoms with Gasteiger partial charge in [0.15, 0.2) is 0 Å². The number of carbonyl (C=O) groups is 1. The van der Waals surface area contributed by atoms with Crippen LogP contribution in [-0.2, 0) is 15.0 Å². The van der Waals surface area contributed by atoms with Gasteiger partial charge in [-0.3, -0.25) is 4.79 Å². The number of hydrogen-bond acceptors (Lipinski definition) is 4. The Hall–Kier alpha value is -0.700. The lowest BCUT2D eigenvalue weighted by Crippen LogP contribution is -2.53. The normalized spacial score (nSPS) is 18.3. The molecule has 0 aliphatic carbocycles. The van der Waals surface area contributed by atoms with Gasteiger partial charge in [-0.1, -0.05) is 0 Å². The molecule has 1 amide bonds. The Labute approximate surface area is 115 Å². The molecular weight excluding hydrogens is 268 g/mol. The van der Waals surface area contributed by atoms with Gasteiger partial charge in [-0.05, 0) is 14.1 Å². The summed E-state index contributed by atoms with van der Waals surface area (Å²) in [5.41, 5.74) is 0. The SMILES string of the molecule is CN(C)CCC(=O)N1CCN(S(=O)(=O)N(C)C)CC1. The van der Waals surface area contributed by atoms with Crippen LogP contribution >= 0.6 is 0 Å². The zero-order chi connectivity index (χ0) is 14.6. The third-order valence-corrected chi connectivity index (χ3v) is 5.09. The van der Waals surface area contributed by atoms with Gasteiger partial charge in [0.1, 0.15) is 0 Å². The Kier molecular flexibility index (Phi) is 5.72. The number of nitrogens with zero attached hydrogens (tertiary/aromatic N) is 4. The fourth-order valence-electron chi connectivity index (χ4n) is 1.88. The number of hydrogen-bond donors (Lipinski definition) is 0. The molecule has 19 heavy (non-hydrogen) atoms.